The van der Waals surface area contributed by atoms with Gasteiger partial charge >= 0.3 is 0 Å². The standard InChI is InChI=1S/C25H26BrN5O3/c1-15-6-8-20(9-7-15)31-16(2)10-19(17(31)3)12-28-29-23(32)13-30-18(4)24(26)22(14-34-5)21(11-27)25(30)33/h6-10,12H,13-14H2,1-5H3,(H,29,32)/b28-12+. The van der Waals surface area contributed by atoms with Gasteiger partial charge in [0.25, 0.3) is 11.5 Å². The summed E-state index contributed by atoms with van der Waals surface area (Å²) in [6.07, 6.45) is 1.58. The number of hydrazone groups is 1. The van der Waals surface area contributed by atoms with Gasteiger partial charge in [-0.3, -0.25) is 9.59 Å². The van der Waals surface area contributed by atoms with Gasteiger partial charge in [-0.25, -0.2) is 5.43 Å². The molecule has 0 aliphatic heterocycles. The van der Waals surface area contributed by atoms with Crippen molar-refractivity contribution in [3.05, 3.63) is 84.5 Å². The molecule has 0 unspecified atom stereocenters. The third kappa shape index (κ3) is 5.03. The van der Waals surface area contributed by atoms with Crippen LogP contribution in [-0.4, -0.2) is 28.4 Å². The Balaban J connectivity index is 1.79. The van der Waals surface area contributed by atoms with Gasteiger partial charge in [-0.15, -0.1) is 0 Å². The number of aryl methyl sites for hydroxylation is 2. The normalized spacial score (nSPS) is 11.1. The fourth-order valence-electron chi connectivity index (χ4n) is 3.81. The first-order valence-electron chi connectivity index (χ1n) is 10.6. The molecule has 2 heterocycles. The Morgan fingerprint density at radius 2 is 1.88 bits per heavy atom. The van der Waals surface area contributed by atoms with Crippen molar-refractivity contribution in [1.29, 1.82) is 5.26 Å². The molecule has 3 rings (SSSR count). The average molecular weight is 524 g/mol. The molecule has 3 aromatic rings. The lowest BCUT2D eigenvalue weighted by molar-refractivity contribution is -0.121. The number of ether oxygens (including phenoxy) is 1. The van der Waals surface area contributed by atoms with Crippen LogP contribution in [0.25, 0.3) is 5.69 Å². The van der Waals surface area contributed by atoms with Crippen molar-refractivity contribution in [2.24, 2.45) is 5.10 Å². The van der Waals surface area contributed by atoms with Crippen LogP contribution in [0.5, 0.6) is 0 Å². The highest BCUT2D eigenvalue weighted by Crippen LogP contribution is 2.23. The maximum absolute atomic E-state index is 12.8. The van der Waals surface area contributed by atoms with E-state index in [0.717, 1.165) is 22.6 Å². The van der Waals surface area contributed by atoms with E-state index < -0.39 is 11.5 Å². The molecule has 1 N–H and O–H groups in total. The van der Waals surface area contributed by atoms with Gasteiger partial charge in [0.05, 0.1) is 12.8 Å². The fraction of sp³-hybridized carbons (Fsp3) is 0.280. The van der Waals surface area contributed by atoms with Gasteiger partial charge in [-0.1, -0.05) is 17.7 Å². The number of halogens is 1. The van der Waals surface area contributed by atoms with Crippen molar-refractivity contribution in [2.75, 3.05) is 7.11 Å². The molecule has 0 saturated heterocycles. The van der Waals surface area contributed by atoms with E-state index in [9.17, 15) is 14.9 Å². The summed E-state index contributed by atoms with van der Waals surface area (Å²) in [6, 6.07) is 12.1. The number of hydrogen-bond acceptors (Lipinski definition) is 5. The highest BCUT2D eigenvalue weighted by atomic mass is 79.9. The molecular weight excluding hydrogens is 498 g/mol. The second-order valence-corrected chi connectivity index (χ2v) is 8.77. The van der Waals surface area contributed by atoms with E-state index in [-0.39, 0.29) is 18.7 Å². The predicted molar refractivity (Wildman–Crippen MR) is 134 cm³/mol. The molecule has 0 atom stereocenters. The lowest BCUT2D eigenvalue weighted by Crippen LogP contribution is -2.33. The smallest absolute Gasteiger partial charge is 0.269 e. The Kier molecular flexibility index (Phi) is 7.87. The van der Waals surface area contributed by atoms with Crippen LogP contribution in [0.3, 0.4) is 0 Å². The Morgan fingerprint density at radius 1 is 1.21 bits per heavy atom. The molecule has 176 valence electrons. The number of nitrogens with one attached hydrogen (secondary N) is 1. The zero-order valence-corrected chi connectivity index (χ0v) is 21.4. The van der Waals surface area contributed by atoms with Crippen LogP contribution in [-0.2, 0) is 22.7 Å². The van der Waals surface area contributed by atoms with Crippen molar-refractivity contribution in [1.82, 2.24) is 14.6 Å². The van der Waals surface area contributed by atoms with Crippen LogP contribution in [0, 0.1) is 39.0 Å². The number of rotatable bonds is 7. The zero-order chi connectivity index (χ0) is 25.0. The highest BCUT2D eigenvalue weighted by Gasteiger charge is 2.19. The molecule has 0 bridgehead atoms. The molecule has 0 saturated carbocycles. The number of hydrogen-bond donors (Lipinski definition) is 1. The average Bonchev–Trinajstić information content (AvgIpc) is 3.09. The predicted octanol–water partition coefficient (Wildman–Crippen LogP) is 3.80. The van der Waals surface area contributed by atoms with Crippen molar-refractivity contribution in [3.63, 3.8) is 0 Å². The third-order valence-electron chi connectivity index (χ3n) is 5.61. The minimum atomic E-state index is -0.545. The van der Waals surface area contributed by atoms with Gasteiger partial charge in [-0.2, -0.15) is 10.4 Å². The molecule has 1 amide bonds. The number of amides is 1. The van der Waals surface area contributed by atoms with Crippen LogP contribution in [0.15, 0.2) is 44.7 Å². The lowest BCUT2D eigenvalue weighted by atomic mass is 10.1. The van der Waals surface area contributed by atoms with E-state index in [4.69, 9.17) is 4.74 Å². The van der Waals surface area contributed by atoms with E-state index in [1.807, 2.05) is 32.9 Å². The van der Waals surface area contributed by atoms with Gasteiger partial charge in [0.15, 0.2) is 0 Å². The summed E-state index contributed by atoms with van der Waals surface area (Å²) in [4.78, 5) is 25.3. The first-order chi connectivity index (χ1) is 16.2. The zero-order valence-electron chi connectivity index (χ0n) is 19.8. The van der Waals surface area contributed by atoms with Crippen LogP contribution in [0.2, 0.25) is 0 Å². The number of carbonyl (C=O) groups excluding carboxylic acids is 1. The topological polar surface area (TPSA) is 101 Å². The molecule has 34 heavy (non-hydrogen) atoms. The molecule has 0 spiro atoms. The molecule has 9 heteroatoms. The SMILES string of the molecule is COCc1c(Br)c(C)n(CC(=O)N/N=C/c2cc(C)n(-c3ccc(C)cc3)c2C)c(=O)c1C#N. The van der Waals surface area contributed by atoms with Gasteiger partial charge in [0.2, 0.25) is 0 Å². The first kappa shape index (κ1) is 25.1. The Bertz CT molecular complexity index is 1360. The van der Waals surface area contributed by atoms with E-state index in [1.54, 1.807) is 13.1 Å². The minimum Gasteiger partial charge on any atom is -0.380 e. The number of benzene rings is 1. The summed E-state index contributed by atoms with van der Waals surface area (Å²) in [7, 11) is 1.48. The van der Waals surface area contributed by atoms with Gasteiger partial charge in [-0.05, 0) is 61.8 Å². The molecular formula is C25H26BrN5O3. The molecule has 0 radical (unpaired) electrons. The maximum atomic E-state index is 12.8. The summed E-state index contributed by atoms with van der Waals surface area (Å²) in [6.45, 7) is 7.58. The van der Waals surface area contributed by atoms with E-state index in [0.29, 0.717) is 15.7 Å². The number of methoxy groups -OCH3 is 1. The second-order valence-electron chi connectivity index (χ2n) is 7.98. The van der Waals surface area contributed by atoms with E-state index in [1.165, 1.54) is 17.2 Å². The van der Waals surface area contributed by atoms with Crippen molar-refractivity contribution >= 4 is 28.1 Å². The van der Waals surface area contributed by atoms with Gasteiger partial charge in [0, 0.05) is 45.5 Å². The Labute approximate surface area is 206 Å². The summed E-state index contributed by atoms with van der Waals surface area (Å²) in [5.41, 5.74) is 8.00. The van der Waals surface area contributed by atoms with Crippen molar-refractivity contribution in [2.45, 2.75) is 40.8 Å². The van der Waals surface area contributed by atoms with Crippen molar-refractivity contribution < 1.29 is 9.53 Å². The second kappa shape index (κ2) is 10.6. The highest BCUT2D eigenvalue weighted by molar-refractivity contribution is 9.10. The largest absolute Gasteiger partial charge is 0.380 e. The molecule has 0 aliphatic carbocycles. The number of pyridine rings is 1. The first-order valence-corrected chi connectivity index (χ1v) is 11.4. The monoisotopic (exact) mass is 523 g/mol. The molecule has 0 fully saturated rings. The molecule has 2 aromatic heterocycles. The van der Waals surface area contributed by atoms with Gasteiger partial charge < -0.3 is 13.9 Å². The fourth-order valence-corrected chi connectivity index (χ4v) is 4.34. The summed E-state index contributed by atoms with van der Waals surface area (Å²) in [5.74, 6) is -0.482. The molecule has 1 aromatic carbocycles. The van der Waals surface area contributed by atoms with E-state index >= 15 is 0 Å². The number of aromatic nitrogens is 2. The Hall–Kier alpha value is -3.48. The molecule has 0 aliphatic rings. The summed E-state index contributed by atoms with van der Waals surface area (Å²) in [5, 5.41) is 13.5. The van der Waals surface area contributed by atoms with Crippen molar-refractivity contribution in [3.8, 4) is 11.8 Å². The Morgan fingerprint density at radius 3 is 2.50 bits per heavy atom. The van der Waals surface area contributed by atoms with Crippen LogP contribution in [0.1, 0.15) is 39.3 Å². The summed E-state index contributed by atoms with van der Waals surface area (Å²) >= 11 is 3.42. The quantitative estimate of drug-likeness (QED) is 0.375. The maximum Gasteiger partial charge on any atom is 0.269 e. The van der Waals surface area contributed by atoms with Crippen LogP contribution >= 0.6 is 15.9 Å². The third-order valence-corrected chi connectivity index (χ3v) is 6.66. The van der Waals surface area contributed by atoms with Crippen LogP contribution in [0.4, 0.5) is 0 Å². The number of nitriles is 1. The molecule has 8 nitrogen and oxygen atoms in total. The lowest BCUT2D eigenvalue weighted by Gasteiger charge is -2.15. The van der Waals surface area contributed by atoms with E-state index in [2.05, 4.69) is 55.3 Å². The number of nitrogens with zero attached hydrogens (tertiary/aromatic N) is 4. The summed E-state index contributed by atoms with van der Waals surface area (Å²) < 4.78 is 9.03. The van der Waals surface area contributed by atoms with Crippen LogP contribution < -0.4 is 11.0 Å². The van der Waals surface area contributed by atoms with Gasteiger partial charge in [0.1, 0.15) is 18.2 Å². The number of carbonyl (C=O) groups is 1. The minimum absolute atomic E-state index is 0.0563.